The molecule has 3 rings (SSSR count). The fourth-order valence-electron chi connectivity index (χ4n) is 2.59. The van der Waals surface area contributed by atoms with Crippen LogP contribution < -0.4 is 10.2 Å². The first kappa shape index (κ1) is 19.9. The third-order valence-corrected chi connectivity index (χ3v) is 3.92. The molecule has 0 amide bonds. The van der Waals surface area contributed by atoms with Crippen LogP contribution in [-0.4, -0.2) is 34.6 Å². The number of carbonyl (C=O) groups excluding carboxylic acids is 2. The van der Waals surface area contributed by atoms with Crippen LogP contribution in [0.2, 0.25) is 0 Å². The second kappa shape index (κ2) is 8.87. The van der Waals surface area contributed by atoms with Crippen molar-refractivity contribution < 1.29 is 23.4 Å². The normalized spacial score (nSPS) is 11.0. The number of hydrogen-bond donors (Lipinski definition) is 1. The standard InChI is InChI=1S/C20H17FN4O4/c1-2-29-20(28)18-19(27)25(22-12-14-7-6-10-16(21)11-14)23-24(18)13-17(26)15-8-4-3-5-9-15/h3-12H,2,13H2,1H3/p+1. The summed E-state index contributed by atoms with van der Waals surface area (Å²) in [6.45, 7) is 1.36. The van der Waals surface area contributed by atoms with Gasteiger partial charge < -0.3 is 4.74 Å². The Bertz CT molecular complexity index is 1120. The van der Waals surface area contributed by atoms with Crippen LogP contribution in [-0.2, 0) is 11.3 Å². The summed E-state index contributed by atoms with van der Waals surface area (Å²) in [7, 11) is 0. The van der Waals surface area contributed by atoms with Gasteiger partial charge in [0.15, 0.2) is 6.54 Å². The number of hydrogen-bond acceptors (Lipinski definition) is 5. The number of aromatic amines is 1. The minimum absolute atomic E-state index is 0.0582. The summed E-state index contributed by atoms with van der Waals surface area (Å²) >= 11 is 0. The molecular formula is C20H18FN4O4+. The van der Waals surface area contributed by atoms with Gasteiger partial charge in [-0.2, -0.15) is 0 Å². The van der Waals surface area contributed by atoms with Crippen LogP contribution in [0, 0.1) is 5.82 Å². The lowest BCUT2D eigenvalue weighted by atomic mass is 10.1. The highest BCUT2D eigenvalue weighted by Crippen LogP contribution is 2.02. The molecular weight excluding hydrogens is 379 g/mol. The minimum Gasteiger partial charge on any atom is -0.459 e. The number of Topliss-reactive ketones (excluding diaryl/α,β-unsaturated/α-hetero) is 1. The van der Waals surface area contributed by atoms with Gasteiger partial charge in [0.05, 0.1) is 12.8 Å². The Hall–Kier alpha value is -3.88. The summed E-state index contributed by atoms with van der Waals surface area (Å²) in [4.78, 5) is 38.2. The zero-order chi connectivity index (χ0) is 20.8. The number of benzene rings is 2. The second-order valence-corrected chi connectivity index (χ2v) is 5.96. The Kier molecular flexibility index (Phi) is 6.08. The van der Waals surface area contributed by atoms with E-state index in [1.54, 1.807) is 43.3 Å². The molecule has 29 heavy (non-hydrogen) atoms. The SMILES string of the molecule is CCOC(=O)c1c(=O)n(N=Cc2cccc(F)c2)[nH][n+]1CC(=O)c1ccccc1. The maximum Gasteiger partial charge on any atom is 0.434 e. The van der Waals surface area contributed by atoms with E-state index < -0.39 is 17.3 Å². The summed E-state index contributed by atoms with van der Waals surface area (Å²) in [6.07, 6.45) is 1.25. The van der Waals surface area contributed by atoms with Gasteiger partial charge in [-0.3, -0.25) is 4.79 Å². The van der Waals surface area contributed by atoms with Crippen molar-refractivity contribution in [3.05, 3.63) is 87.6 Å². The Morgan fingerprint density at radius 2 is 1.97 bits per heavy atom. The third kappa shape index (κ3) is 4.70. The number of nitrogens with one attached hydrogen (secondary N) is 1. The number of aromatic nitrogens is 3. The second-order valence-electron chi connectivity index (χ2n) is 5.96. The highest BCUT2D eigenvalue weighted by atomic mass is 19.1. The maximum absolute atomic E-state index is 13.3. The topological polar surface area (TPSA) is 97.4 Å². The Morgan fingerprint density at radius 1 is 1.21 bits per heavy atom. The minimum atomic E-state index is -0.880. The molecule has 0 aliphatic heterocycles. The van der Waals surface area contributed by atoms with Crippen molar-refractivity contribution in [3.63, 3.8) is 0 Å². The van der Waals surface area contributed by atoms with Crippen molar-refractivity contribution in [1.29, 1.82) is 0 Å². The predicted octanol–water partition coefficient (Wildman–Crippen LogP) is 1.54. The van der Waals surface area contributed by atoms with E-state index in [9.17, 15) is 18.8 Å². The van der Waals surface area contributed by atoms with Crippen LogP contribution in [0.1, 0.15) is 33.3 Å². The first-order valence-electron chi connectivity index (χ1n) is 8.79. The lowest BCUT2D eigenvalue weighted by Crippen LogP contribution is -2.46. The van der Waals surface area contributed by atoms with E-state index in [1.165, 1.54) is 24.4 Å². The van der Waals surface area contributed by atoms with Gasteiger partial charge in [0.2, 0.25) is 5.78 Å². The molecule has 1 aromatic heterocycles. The molecule has 1 N–H and O–H groups in total. The molecule has 0 saturated heterocycles. The molecule has 0 aliphatic rings. The molecule has 0 unspecified atom stereocenters. The number of ether oxygens (including phenoxy) is 1. The molecule has 1 heterocycles. The number of esters is 1. The average Bonchev–Trinajstić information content (AvgIpc) is 3.02. The summed E-state index contributed by atoms with van der Waals surface area (Å²) in [6, 6.07) is 14.1. The number of halogens is 1. The molecule has 0 fully saturated rings. The van der Waals surface area contributed by atoms with E-state index in [0.717, 1.165) is 9.47 Å². The zero-order valence-electron chi connectivity index (χ0n) is 15.5. The molecule has 3 aromatic rings. The molecule has 148 valence electrons. The van der Waals surface area contributed by atoms with Crippen molar-refractivity contribution in [2.45, 2.75) is 13.5 Å². The van der Waals surface area contributed by atoms with Crippen molar-refractivity contribution in [2.75, 3.05) is 6.61 Å². The molecule has 0 radical (unpaired) electrons. The number of nitrogens with zero attached hydrogens (tertiary/aromatic N) is 3. The quantitative estimate of drug-likeness (QED) is 0.283. The summed E-state index contributed by atoms with van der Waals surface area (Å²) in [5.41, 5.74) is -0.327. The van der Waals surface area contributed by atoms with E-state index >= 15 is 0 Å². The van der Waals surface area contributed by atoms with Crippen LogP contribution in [0.25, 0.3) is 0 Å². The van der Waals surface area contributed by atoms with E-state index in [0.29, 0.717) is 11.1 Å². The van der Waals surface area contributed by atoms with Crippen LogP contribution >= 0.6 is 0 Å². The van der Waals surface area contributed by atoms with Crippen molar-refractivity contribution >= 4 is 18.0 Å². The highest BCUT2D eigenvalue weighted by molar-refractivity contribution is 5.95. The molecule has 2 aromatic carbocycles. The van der Waals surface area contributed by atoms with Crippen LogP contribution in [0.5, 0.6) is 0 Å². The summed E-state index contributed by atoms with van der Waals surface area (Å²) < 4.78 is 19.3. The van der Waals surface area contributed by atoms with Gasteiger partial charge in [-0.05, 0) is 24.6 Å². The average molecular weight is 397 g/mol. The van der Waals surface area contributed by atoms with Gasteiger partial charge in [0, 0.05) is 10.4 Å². The predicted molar refractivity (Wildman–Crippen MR) is 101 cm³/mol. The zero-order valence-corrected chi connectivity index (χ0v) is 15.5. The Labute approximate surface area is 164 Å². The van der Waals surface area contributed by atoms with E-state index in [2.05, 4.69) is 10.3 Å². The number of carbonyl (C=O) groups is 2. The maximum atomic E-state index is 13.3. The molecule has 9 heteroatoms. The number of H-pyrrole nitrogens is 1. The molecule has 0 spiro atoms. The lowest BCUT2D eigenvalue weighted by molar-refractivity contribution is -0.744. The van der Waals surface area contributed by atoms with Crippen molar-refractivity contribution in [1.82, 2.24) is 10.0 Å². The molecule has 0 bridgehead atoms. The first-order valence-corrected chi connectivity index (χ1v) is 8.79. The van der Waals surface area contributed by atoms with Gasteiger partial charge in [-0.15, -0.1) is 4.68 Å². The van der Waals surface area contributed by atoms with E-state index in [4.69, 9.17) is 4.74 Å². The van der Waals surface area contributed by atoms with Crippen LogP contribution in [0.4, 0.5) is 4.39 Å². The molecule has 0 saturated carbocycles. The third-order valence-electron chi connectivity index (χ3n) is 3.92. The van der Waals surface area contributed by atoms with Gasteiger partial charge >= 0.3 is 17.2 Å². The van der Waals surface area contributed by atoms with Crippen LogP contribution in [0.15, 0.2) is 64.5 Å². The molecule has 8 nitrogen and oxygen atoms in total. The highest BCUT2D eigenvalue weighted by Gasteiger charge is 2.31. The summed E-state index contributed by atoms with van der Waals surface area (Å²) in [5, 5.41) is 6.52. The van der Waals surface area contributed by atoms with Gasteiger partial charge in [0.1, 0.15) is 5.82 Å². The fraction of sp³-hybridized carbons (Fsp3) is 0.150. The van der Waals surface area contributed by atoms with Crippen molar-refractivity contribution in [3.8, 4) is 0 Å². The van der Waals surface area contributed by atoms with E-state index in [-0.39, 0.29) is 24.6 Å². The van der Waals surface area contributed by atoms with Gasteiger partial charge in [-0.25, -0.2) is 14.0 Å². The Balaban J connectivity index is 1.96. The first-order chi connectivity index (χ1) is 14.0. The van der Waals surface area contributed by atoms with Gasteiger partial charge in [-0.1, -0.05) is 52.8 Å². The fourth-order valence-corrected chi connectivity index (χ4v) is 2.59. The largest absolute Gasteiger partial charge is 0.459 e. The number of rotatable bonds is 7. The van der Waals surface area contributed by atoms with E-state index in [1.807, 2.05) is 0 Å². The van der Waals surface area contributed by atoms with Crippen LogP contribution in [0.3, 0.4) is 0 Å². The Morgan fingerprint density at radius 3 is 2.66 bits per heavy atom. The summed E-state index contributed by atoms with van der Waals surface area (Å²) in [5.74, 6) is -1.65. The van der Waals surface area contributed by atoms with Crippen molar-refractivity contribution in [2.24, 2.45) is 5.10 Å². The molecule has 0 atom stereocenters. The lowest BCUT2D eigenvalue weighted by Gasteiger charge is -2.00. The monoisotopic (exact) mass is 397 g/mol. The molecule has 0 aliphatic carbocycles. The van der Waals surface area contributed by atoms with Gasteiger partial charge in [0.25, 0.3) is 0 Å². The number of ketones is 1. The smallest absolute Gasteiger partial charge is 0.434 e.